The van der Waals surface area contributed by atoms with E-state index in [1.807, 2.05) is 0 Å². The number of benzene rings is 1. The van der Waals surface area contributed by atoms with Gasteiger partial charge < -0.3 is 0 Å². The van der Waals surface area contributed by atoms with Gasteiger partial charge in [-0.15, -0.1) is 0 Å². The van der Waals surface area contributed by atoms with Gasteiger partial charge in [0.05, 0.1) is 10.8 Å². The van der Waals surface area contributed by atoms with E-state index in [9.17, 15) is 0 Å². The number of hydrogen-bond acceptors (Lipinski definition) is 2. The molecule has 0 unspecified atom stereocenters. The first-order valence-corrected chi connectivity index (χ1v) is 10.9. The van der Waals surface area contributed by atoms with Gasteiger partial charge in [0.15, 0.2) is 0 Å². The number of unbranched alkanes of at least 4 members (excludes halogenated alkanes) is 7. The summed E-state index contributed by atoms with van der Waals surface area (Å²) in [6.07, 6.45) is 18.5. The molecule has 0 aliphatic heterocycles. The summed E-state index contributed by atoms with van der Waals surface area (Å²) in [5.74, 6) is 1.73. The Bertz CT molecular complexity index is 507. The van der Waals surface area contributed by atoms with Crippen molar-refractivity contribution in [2.75, 3.05) is 0 Å². The van der Waals surface area contributed by atoms with E-state index < -0.39 is 0 Å². The molecule has 0 saturated heterocycles. The molecule has 1 aromatic carbocycles. The molecule has 0 bridgehead atoms. The molecule has 1 saturated carbocycles. The van der Waals surface area contributed by atoms with Gasteiger partial charge in [-0.1, -0.05) is 76.8 Å². The molecule has 1 aromatic rings. The molecule has 0 atom stereocenters. The fraction of sp³-hybridized carbons (Fsp3) is 0.696. The van der Waals surface area contributed by atoms with Crippen molar-refractivity contribution >= 4 is 23.1 Å². The van der Waals surface area contributed by atoms with Crippen molar-refractivity contribution in [2.24, 2.45) is 10.9 Å². The summed E-state index contributed by atoms with van der Waals surface area (Å²) in [4.78, 5) is 4.04. The average Bonchev–Trinajstić information content (AvgIpc) is 2.65. The van der Waals surface area contributed by atoms with Crippen LogP contribution in [0.1, 0.15) is 102 Å². The van der Waals surface area contributed by atoms with Gasteiger partial charge in [-0.3, -0.25) is 0 Å². The van der Waals surface area contributed by atoms with Crippen LogP contribution in [-0.2, 0) is 0 Å². The largest absolute Gasteiger partial charge is 0.195 e. The van der Waals surface area contributed by atoms with E-state index in [2.05, 4.69) is 53.6 Å². The van der Waals surface area contributed by atoms with Gasteiger partial charge in [0.1, 0.15) is 0 Å². The van der Waals surface area contributed by atoms with E-state index >= 15 is 0 Å². The normalized spacial score (nSPS) is 20.2. The highest BCUT2D eigenvalue weighted by Crippen LogP contribution is 2.38. The third-order valence-electron chi connectivity index (χ3n) is 5.85. The number of hydrogen-bond donors (Lipinski definition) is 0. The van der Waals surface area contributed by atoms with Crippen LogP contribution in [0.5, 0.6) is 0 Å². The molecule has 25 heavy (non-hydrogen) atoms. The molecule has 0 aromatic heterocycles. The topological polar surface area (TPSA) is 12.4 Å². The molecular weight excluding hydrogens is 322 g/mol. The third kappa shape index (κ3) is 7.84. The van der Waals surface area contributed by atoms with Gasteiger partial charge >= 0.3 is 0 Å². The monoisotopic (exact) mass is 357 g/mol. The number of thiocarbonyl (C=S) groups is 1. The molecule has 0 heterocycles. The first kappa shape index (κ1) is 20.3. The smallest absolute Gasteiger partial charge is 0.0739 e. The second-order valence-electron chi connectivity index (χ2n) is 7.78. The van der Waals surface area contributed by atoms with Crippen LogP contribution in [0.15, 0.2) is 29.3 Å². The van der Waals surface area contributed by atoms with Crippen LogP contribution in [0.25, 0.3) is 0 Å². The Morgan fingerprint density at radius 3 is 2.08 bits per heavy atom. The summed E-state index contributed by atoms with van der Waals surface area (Å²) in [6.45, 7) is 2.29. The minimum absolute atomic E-state index is 0.750. The Labute approximate surface area is 160 Å². The first-order valence-electron chi connectivity index (χ1n) is 10.5. The van der Waals surface area contributed by atoms with Gasteiger partial charge in [-0.05, 0) is 67.4 Å². The second-order valence-corrected chi connectivity index (χ2v) is 7.96. The highest BCUT2D eigenvalue weighted by atomic mass is 32.1. The molecule has 0 radical (unpaired) electrons. The predicted octanol–water partition coefficient (Wildman–Crippen LogP) is 8.23. The molecule has 2 rings (SSSR count). The summed E-state index contributed by atoms with van der Waals surface area (Å²) >= 11 is 4.66. The van der Waals surface area contributed by atoms with E-state index in [-0.39, 0.29) is 0 Å². The zero-order chi connectivity index (χ0) is 17.7. The van der Waals surface area contributed by atoms with Gasteiger partial charge in [0.2, 0.25) is 0 Å². The fourth-order valence-electron chi connectivity index (χ4n) is 4.23. The van der Waals surface area contributed by atoms with E-state index in [1.165, 1.54) is 89.0 Å². The lowest BCUT2D eigenvalue weighted by molar-refractivity contribution is 0.302. The maximum atomic E-state index is 4.66. The third-order valence-corrected chi connectivity index (χ3v) is 5.94. The molecule has 2 heteroatoms. The van der Waals surface area contributed by atoms with Crippen molar-refractivity contribution in [2.45, 2.75) is 96.3 Å². The van der Waals surface area contributed by atoms with E-state index in [0.717, 1.165) is 17.5 Å². The van der Waals surface area contributed by atoms with Crippen LogP contribution < -0.4 is 0 Å². The van der Waals surface area contributed by atoms with Crippen LogP contribution in [0.4, 0.5) is 5.69 Å². The van der Waals surface area contributed by atoms with E-state index in [0.29, 0.717) is 0 Å². The van der Waals surface area contributed by atoms with Gasteiger partial charge in [-0.2, -0.15) is 4.99 Å². The standard InChI is InChI=1S/C23H35NS/c1-2-3-4-5-6-7-8-9-10-20-11-13-21(14-12-20)22-15-17-23(18-16-22)24-19-25/h15-18,20-21H,2-14H2,1H3. The van der Waals surface area contributed by atoms with Crippen molar-refractivity contribution in [3.63, 3.8) is 0 Å². The molecule has 1 nitrogen and oxygen atoms in total. The van der Waals surface area contributed by atoms with Crippen molar-refractivity contribution in [1.29, 1.82) is 0 Å². The van der Waals surface area contributed by atoms with Crippen LogP contribution >= 0.6 is 12.2 Å². The Balaban J connectivity index is 1.57. The predicted molar refractivity (Wildman–Crippen MR) is 113 cm³/mol. The van der Waals surface area contributed by atoms with Gasteiger partial charge in [0, 0.05) is 0 Å². The Kier molecular flexibility index (Phi) is 10.1. The lowest BCUT2D eigenvalue weighted by Crippen LogP contribution is -2.13. The molecule has 1 aliphatic rings. The molecule has 138 valence electrons. The molecule has 1 aliphatic carbocycles. The van der Waals surface area contributed by atoms with Crippen LogP contribution in [0.2, 0.25) is 0 Å². The Morgan fingerprint density at radius 2 is 1.48 bits per heavy atom. The Hall–Kier alpha value is -0.980. The van der Waals surface area contributed by atoms with E-state index in [1.54, 1.807) is 0 Å². The molecular formula is C23H35NS. The van der Waals surface area contributed by atoms with Crippen molar-refractivity contribution in [3.05, 3.63) is 29.8 Å². The molecule has 0 N–H and O–H groups in total. The minimum Gasteiger partial charge on any atom is -0.195 e. The number of isothiocyanates is 1. The first-order chi connectivity index (χ1) is 12.3. The quantitative estimate of drug-likeness (QED) is 0.221. The SMILES string of the molecule is CCCCCCCCCCC1CCC(c2ccc(N=C=S)cc2)CC1. The summed E-state index contributed by atoms with van der Waals surface area (Å²) in [7, 11) is 0. The van der Waals surface area contributed by atoms with Crippen LogP contribution in [0.3, 0.4) is 0 Å². The lowest BCUT2D eigenvalue weighted by atomic mass is 9.77. The van der Waals surface area contributed by atoms with Crippen molar-refractivity contribution in [1.82, 2.24) is 0 Å². The molecule has 1 fully saturated rings. The summed E-state index contributed by atoms with van der Waals surface area (Å²) in [6, 6.07) is 8.60. The summed E-state index contributed by atoms with van der Waals surface area (Å²) in [5, 5.41) is 2.44. The highest BCUT2D eigenvalue weighted by molar-refractivity contribution is 7.78. The minimum atomic E-state index is 0.750. The fourth-order valence-corrected chi connectivity index (χ4v) is 4.33. The lowest BCUT2D eigenvalue weighted by Gasteiger charge is -2.29. The highest BCUT2D eigenvalue weighted by Gasteiger charge is 2.21. The van der Waals surface area contributed by atoms with Crippen LogP contribution in [0, 0.1) is 5.92 Å². The zero-order valence-electron chi connectivity index (χ0n) is 16.0. The summed E-state index contributed by atoms with van der Waals surface area (Å²) < 4.78 is 0. The van der Waals surface area contributed by atoms with Crippen molar-refractivity contribution < 1.29 is 0 Å². The van der Waals surface area contributed by atoms with Crippen LogP contribution in [-0.4, -0.2) is 5.16 Å². The zero-order valence-corrected chi connectivity index (χ0v) is 16.8. The van der Waals surface area contributed by atoms with Crippen molar-refractivity contribution in [3.8, 4) is 0 Å². The van der Waals surface area contributed by atoms with Gasteiger partial charge in [0.25, 0.3) is 0 Å². The van der Waals surface area contributed by atoms with E-state index in [4.69, 9.17) is 0 Å². The number of rotatable bonds is 11. The average molecular weight is 358 g/mol. The number of nitrogens with zero attached hydrogens (tertiary/aromatic N) is 1. The van der Waals surface area contributed by atoms with Gasteiger partial charge in [-0.25, -0.2) is 0 Å². The number of aliphatic imine (C=N–C) groups is 1. The Morgan fingerprint density at radius 1 is 0.880 bits per heavy atom. The summed E-state index contributed by atoms with van der Waals surface area (Å²) in [5.41, 5.74) is 2.40. The second kappa shape index (κ2) is 12.4. The molecule has 0 spiro atoms. The molecule has 0 amide bonds. The maximum absolute atomic E-state index is 4.66. The maximum Gasteiger partial charge on any atom is 0.0739 e.